The molecule has 0 heterocycles. The lowest BCUT2D eigenvalue weighted by atomic mass is 10.2. The number of rotatable bonds is 3. The van der Waals surface area contributed by atoms with E-state index in [4.69, 9.17) is 0 Å². The van der Waals surface area contributed by atoms with Gasteiger partial charge in [-0.1, -0.05) is 54.6 Å². The van der Waals surface area contributed by atoms with Gasteiger partial charge in [-0.15, -0.1) is 0 Å². The van der Waals surface area contributed by atoms with Gasteiger partial charge < -0.3 is 0 Å². The predicted molar refractivity (Wildman–Crippen MR) is 75.1 cm³/mol. The van der Waals surface area contributed by atoms with Gasteiger partial charge in [0.2, 0.25) is 0 Å². The van der Waals surface area contributed by atoms with Gasteiger partial charge in [0, 0.05) is 0 Å². The van der Waals surface area contributed by atoms with Crippen LogP contribution in [0.5, 0.6) is 0 Å². The second kappa shape index (κ2) is 6.19. The first-order chi connectivity index (χ1) is 9.55. The summed E-state index contributed by atoms with van der Waals surface area (Å²) in [5, 5.41) is 0. The van der Waals surface area contributed by atoms with E-state index in [0.717, 1.165) is 6.08 Å². The Kier molecular flexibility index (Phi) is 4.35. The highest BCUT2D eigenvalue weighted by Crippen LogP contribution is 2.22. The van der Waals surface area contributed by atoms with Gasteiger partial charge in [-0.05, 0) is 23.8 Å². The average Bonchev–Trinajstić information content (AvgIpc) is 2.44. The standard InChI is InChI=1S/C16H12F3N/c17-16(18,19)15(20-14-9-5-2-6-10-14)12-11-13-7-3-1-4-8-13/h1-12H/b12-11+,20-15?. The number of para-hydroxylation sites is 1. The van der Waals surface area contributed by atoms with Crippen LogP contribution in [-0.2, 0) is 0 Å². The fourth-order valence-electron chi connectivity index (χ4n) is 1.58. The summed E-state index contributed by atoms with van der Waals surface area (Å²) in [5.41, 5.74) is 0.0441. The molecule has 2 aromatic rings. The third-order valence-electron chi connectivity index (χ3n) is 2.53. The van der Waals surface area contributed by atoms with Gasteiger partial charge in [-0.2, -0.15) is 13.2 Å². The number of hydrogen-bond donors (Lipinski definition) is 0. The molecule has 0 saturated carbocycles. The van der Waals surface area contributed by atoms with Crippen molar-refractivity contribution in [3.8, 4) is 0 Å². The molecule has 0 saturated heterocycles. The zero-order valence-corrected chi connectivity index (χ0v) is 10.5. The quantitative estimate of drug-likeness (QED) is 0.696. The van der Waals surface area contributed by atoms with Crippen molar-refractivity contribution in [1.29, 1.82) is 0 Å². The molecule has 4 heteroatoms. The molecule has 0 amide bonds. The molecular formula is C16H12F3N. The molecule has 0 aliphatic carbocycles. The first-order valence-electron chi connectivity index (χ1n) is 6.00. The summed E-state index contributed by atoms with van der Waals surface area (Å²) in [6.45, 7) is 0. The van der Waals surface area contributed by atoms with E-state index >= 15 is 0 Å². The Morgan fingerprint density at radius 2 is 1.40 bits per heavy atom. The maximum atomic E-state index is 12.9. The van der Waals surface area contributed by atoms with E-state index in [1.165, 1.54) is 18.2 Å². The third-order valence-corrected chi connectivity index (χ3v) is 2.53. The number of alkyl halides is 3. The normalized spacial score (nSPS) is 12.8. The lowest BCUT2D eigenvalue weighted by molar-refractivity contribution is -0.0575. The molecule has 2 aromatic carbocycles. The van der Waals surface area contributed by atoms with Gasteiger partial charge >= 0.3 is 6.18 Å². The van der Waals surface area contributed by atoms with Crippen molar-refractivity contribution in [3.05, 3.63) is 72.3 Å². The molecule has 20 heavy (non-hydrogen) atoms. The van der Waals surface area contributed by atoms with E-state index < -0.39 is 11.9 Å². The van der Waals surface area contributed by atoms with Crippen molar-refractivity contribution in [3.63, 3.8) is 0 Å². The van der Waals surface area contributed by atoms with Crippen LogP contribution in [0.2, 0.25) is 0 Å². The SMILES string of the molecule is FC(F)(F)C(/C=C/c1ccccc1)=Nc1ccccc1. The van der Waals surface area contributed by atoms with Crippen LogP contribution in [0.25, 0.3) is 6.08 Å². The highest BCUT2D eigenvalue weighted by atomic mass is 19.4. The van der Waals surface area contributed by atoms with Crippen LogP contribution in [0.3, 0.4) is 0 Å². The van der Waals surface area contributed by atoms with E-state index in [1.54, 1.807) is 48.5 Å². The molecule has 0 spiro atoms. The molecule has 0 unspecified atom stereocenters. The van der Waals surface area contributed by atoms with Gasteiger partial charge in [-0.3, -0.25) is 0 Å². The monoisotopic (exact) mass is 275 g/mol. The molecule has 1 nitrogen and oxygen atoms in total. The Morgan fingerprint density at radius 3 is 1.95 bits per heavy atom. The molecule has 0 radical (unpaired) electrons. The lowest BCUT2D eigenvalue weighted by Crippen LogP contribution is -2.20. The summed E-state index contributed by atoms with van der Waals surface area (Å²) in [4.78, 5) is 3.65. The first-order valence-corrected chi connectivity index (χ1v) is 6.00. The fourth-order valence-corrected chi connectivity index (χ4v) is 1.58. The van der Waals surface area contributed by atoms with E-state index in [1.807, 2.05) is 0 Å². The molecular weight excluding hydrogens is 263 g/mol. The van der Waals surface area contributed by atoms with Crippen LogP contribution >= 0.6 is 0 Å². The molecule has 0 N–H and O–H groups in total. The van der Waals surface area contributed by atoms with Gasteiger partial charge in [0.25, 0.3) is 0 Å². The number of allylic oxidation sites excluding steroid dienone is 1. The van der Waals surface area contributed by atoms with Gasteiger partial charge in [0.15, 0.2) is 0 Å². The first kappa shape index (κ1) is 14.1. The number of aliphatic imine (C=N–C) groups is 1. The van der Waals surface area contributed by atoms with Gasteiger partial charge in [0.05, 0.1) is 5.69 Å². The van der Waals surface area contributed by atoms with Crippen molar-refractivity contribution in [2.24, 2.45) is 4.99 Å². The predicted octanol–water partition coefficient (Wildman–Crippen LogP) is 5.03. The van der Waals surface area contributed by atoms with Crippen molar-refractivity contribution >= 4 is 17.5 Å². The lowest BCUT2D eigenvalue weighted by Gasteiger charge is -2.06. The van der Waals surface area contributed by atoms with Crippen molar-refractivity contribution in [2.45, 2.75) is 6.18 Å². The molecule has 102 valence electrons. The van der Waals surface area contributed by atoms with Crippen molar-refractivity contribution < 1.29 is 13.2 Å². The molecule has 0 aliphatic heterocycles. The second-order valence-electron chi connectivity index (χ2n) is 4.07. The number of hydrogen-bond acceptors (Lipinski definition) is 1. The molecule has 2 rings (SSSR count). The topological polar surface area (TPSA) is 12.4 Å². The molecule has 0 aliphatic rings. The van der Waals surface area contributed by atoms with Crippen LogP contribution in [0.4, 0.5) is 18.9 Å². The maximum Gasteiger partial charge on any atom is 0.433 e. The molecule has 0 fully saturated rings. The molecule has 0 bridgehead atoms. The summed E-state index contributed by atoms with van der Waals surface area (Å²) in [5.74, 6) is 0. The number of benzene rings is 2. The van der Waals surface area contributed by atoms with E-state index in [0.29, 0.717) is 5.56 Å². The van der Waals surface area contributed by atoms with Crippen LogP contribution in [0.1, 0.15) is 5.56 Å². The minimum absolute atomic E-state index is 0.275. The van der Waals surface area contributed by atoms with Gasteiger partial charge in [-0.25, -0.2) is 4.99 Å². The number of nitrogens with zero attached hydrogens (tertiary/aromatic N) is 1. The van der Waals surface area contributed by atoms with E-state index in [-0.39, 0.29) is 5.69 Å². The highest BCUT2D eigenvalue weighted by molar-refractivity contribution is 6.03. The minimum atomic E-state index is -4.48. The molecule has 0 atom stereocenters. The van der Waals surface area contributed by atoms with Crippen LogP contribution < -0.4 is 0 Å². The Balaban J connectivity index is 2.30. The minimum Gasteiger partial charge on any atom is -0.244 e. The fraction of sp³-hybridized carbons (Fsp3) is 0.0625. The average molecular weight is 275 g/mol. The summed E-state index contributed by atoms with van der Waals surface area (Å²) < 4.78 is 38.8. The van der Waals surface area contributed by atoms with E-state index in [2.05, 4.69) is 4.99 Å². The van der Waals surface area contributed by atoms with Crippen LogP contribution in [0, 0.1) is 0 Å². The summed E-state index contributed by atoms with van der Waals surface area (Å²) >= 11 is 0. The van der Waals surface area contributed by atoms with Crippen molar-refractivity contribution in [1.82, 2.24) is 0 Å². The zero-order valence-electron chi connectivity index (χ0n) is 10.5. The van der Waals surface area contributed by atoms with E-state index in [9.17, 15) is 13.2 Å². The Labute approximate surface area is 115 Å². The summed E-state index contributed by atoms with van der Waals surface area (Å²) in [6.07, 6.45) is -2.10. The van der Waals surface area contributed by atoms with Crippen LogP contribution in [0.15, 0.2) is 71.7 Å². The highest BCUT2D eigenvalue weighted by Gasteiger charge is 2.33. The third kappa shape index (κ3) is 4.09. The molecule has 0 aromatic heterocycles. The second-order valence-corrected chi connectivity index (χ2v) is 4.07. The maximum absolute atomic E-state index is 12.9. The Morgan fingerprint density at radius 1 is 0.850 bits per heavy atom. The van der Waals surface area contributed by atoms with Crippen molar-refractivity contribution in [2.75, 3.05) is 0 Å². The largest absolute Gasteiger partial charge is 0.433 e. The zero-order chi connectivity index (χ0) is 14.4. The van der Waals surface area contributed by atoms with Gasteiger partial charge in [0.1, 0.15) is 5.71 Å². The Bertz CT molecular complexity index is 599. The summed E-state index contributed by atoms with van der Waals surface area (Å²) in [6, 6.07) is 16.9. The number of halogens is 3. The Hall–Kier alpha value is -2.36. The smallest absolute Gasteiger partial charge is 0.244 e. The van der Waals surface area contributed by atoms with Crippen LogP contribution in [-0.4, -0.2) is 11.9 Å². The summed E-state index contributed by atoms with van der Waals surface area (Å²) in [7, 11) is 0.